The predicted molar refractivity (Wildman–Crippen MR) is 66.3 cm³/mol. The molecule has 0 aromatic heterocycles. The van der Waals surface area contributed by atoms with Gasteiger partial charge in [-0.3, -0.25) is 9.59 Å². The highest BCUT2D eigenvalue weighted by Gasteiger charge is 2.52. The number of amides is 1. The lowest BCUT2D eigenvalue weighted by molar-refractivity contribution is -0.149. The van der Waals surface area contributed by atoms with Gasteiger partial charge in [-0.2, -0.15) is 5.26 Å². The van der Waals surface area contributed by atoms with Gasteiger partial charge in [0, 0.05) is 19.0 Å². The van der Waals surface area contributed by atoms with Crippen LogP contribution in [-0.2, 0) is 9.59 Å². The first-order valence-corrected chi connectivity index (χ1v) is 6.42. The second-order valence-electron chi connectivity index (χ2n) is 5.39. The maximum absolute atomic E-state index is 12.5. The summed E-state index contributed by atoms with van der Waals surface area (Å²) >= 11 is 0. The smallest absolute Gasteiger partial charge is 0.232 e. The number of rotatable bonds is 1. The molecule has 3 atom stereocenters. The highest BCUT2D eigenvalue weighted by atomic mass is 16.2. The van der Waals surface area contributed by atoms with Crippen molar-refractivity contribution in [1.82, 2.24) is 4.90 Å². The highest BCUT2D eigenvalue weighted by molar-refractivity contribution is 6.04. The maximum Gasteiger partial charge on any atom is 0.232 e. The van der Waals surface area contributed by atoms with E-state index in [1.54, 1.807) is 6.08 Å². The fourth-order valence-electron chi connectivity index (χ4n) is 3.32. The summed E-state index contributed by atoms with van der Waals surface area (Å²) in [5.74, 6) is -0.277. The van der Waals surface area contributed by atoms with E-state index in [4.69, 9.17) is 5.26 Å². The Kier molecular flexibility index (Phi) is 3.02. The quantitative estimate of drug-likeness (QED) is 0.705. The zero-order valence-electron chi connectivity index (χ0n) is 11.1. The van der Waals surface area contributed by atoms with Crippen LogP contribution >= 0.6 is 0 Å². The van der Waals surface area contributed by atoms with Gasteiger partial charge in [0.05, 0.1) is 11.0 Å². The Morgan fingerprint density at radius 3 is 2.78 bits per heavy atom. The number of fused-ring (bicyclic) bond motifs is 1. The van der Waals surface area contributed by atoms with Crippen molar-refractivity contribution >= 4 is 11.7 Å². The Labute approximate surface area is 107 Å². The van der Waals surface area contributed by atoms with Crippen LogP contribution in [0.15, 0.2) is 11.6 Å². The number of carbonyl (C=O) groups excluding carboxylic acids is 2. The highest BCUT2D eigenvalue weighted by Crippen LogP contribution is 2.46. The van der Waals surface area contributed by atoms with Crippen LogP contribution < -0.4 is 0 Å². The lowest BCUT2D eigenvalue weighted by Crippen LogP contribution is -2.55. The van der Waals surface area contributed by atoms with E-state index in [-0.39, 0.29) is 29.1 Å². The van der Waals surface area contributed by atoms with Crippen LogP contribution in [0.1, 0.15) is 27.2 Å². The molecule has 4 nitrogen and oxygen atoms in total. The summed E-state index contributed by atoms with van der Waals surface area (Å²) < 4.78 is 0. The molecule has 0 aromatic carbocycles. The first kappa shape index (κ1) is 12.8. The minimum absolute atomic E-state index is 0.0254. The number of ketones is 1. The Hall–Kier alpha value is -1.63. The monoisotopic (exact) mass is 246 g/mol. The normalized spacial score (nSPS) is 35.9. The number of allylic oxidation sites excluding steroid dienone is 1. The molecule has 4 heteroatoms. The Morgan fingerprint density at radius 1 is 1.56 bits per heavy atom. The number of likely N-dealkylation sites (tertiary alicyclic amines) is 1. The predicted octanol–water partition coefficient (Wildman–Crippen LogP) is 1.53. The molecular weight excluding hydrogens is 228 g/mol. The Bertz CT molecular complexity index is 475. The topological polar surface area (TPSA) is 61.2 Å². The van der Waals surface area contributed by atoms with Crippen LogP contribution in [0, 0.1) is 28.6 Å². The van der Waals surface area contributed by atoms with Gasteiger partial charge in [0.2, 0.25) is 5.91 Å². The molecule has 2 rings (SSSR count). The summed E-state index contributed by atoms with van der Waals surface area (Å²) in [5, 5.41) is 9.03. The molecule has 1 aliphatic carbocycles. The molecule has 1 saturated heterocycles. The van der Waals surface area contributed by atoms with Crippen molar-refractivity contribution in [2.45, 2.75) is 27.2 Å². The van der Waals surface area contributed by atoms with Gasteiger partial charge < -0.3 is 4.90 Å². The van der Waals surface area contributed by atoms with Gasteiger partial charge in [0.25, 0.3) is 0 Å². The van der Waals surface area contributed by atoms with E-state index in [9.17, 15) is 9.59 Å². The minimum atomic E-state index is -0.688. The molecule has 0 radical (unpaired) electrons. The number of Topliss-reactive ketones (excluding diaryl/α,β-unsaturated/α-hetero) is 1. The van der Waals surface area contributed by atoms with E-state index in [2.05, 4.69) is 0 Å². The van der Waals surface area contributed by atoms with E-state index in [1.807, 2.05) is 31.7 Å². The fraction of sp³-hybridized carbons (Fsp3) is 0.643. The average molecular weight is 246 g/mol. The number of hydrogen-bond acceptors (Lipinski definition) is 3. The van der Waals surface area contributed by atoms with Crippen molar-refractivity contribution in [2.75, 3.05) is 13.1 Å². The molecule has 0 aromatic rings. The van der Waals surface area contributed by atoms with E-state index < -0.39 is 5.41 Å². The SMILES string of the molecule is CCN1CC[C@H]2[C@H](C)C(=O)C(C#N)=C[C@]2(C)C1=O. The molecule has 0 N–H and O–H groups in total. The molecule has 1 heterocycles. The first-order valence-electron chi connectivity index (χ1n) is 6.42. The lowest BCUT2D eigenvalue weighted by Gasteiger charge is -2.47. The number of hydrogen-bond donors (Lipinski definition) is 0. The van der Waals surface area contributed by atoms with Crippen molar-refractivity contribution in [3.63, 3.8) is 0 Å². The van der Waals surface area contributed by atoms with Gasteiger partial charge in [0.15, 0.2) is 5.78 Å². The van der Waals surface area contributed by atoms with Gasteiger partial charge in [0.1, 0.15) is 6.07 Å². The number of nitrogens with zero attached hydrogens (tertiary/aromatic N) is 2. The average Bonchev–Trinajstić information content (AvgIpc) is 2.36. The third-order valence-electron chi connectivity index (χ3n) is 4.46. The van der Waals surface area contributed by atoms with E-state index in [1.165, 1.54) is 0 Å². The zero-order valence-corrected chi connectivity index (χ0v) is 11.1. The summed E-state index contributed by atoms with van der Waals surface area (Å²) in [4.78, 5) is 26.3. The van der Waals surface area contributed by atoms with Crippen molar-refractivity contribution in [3.8, 4) is 6.07 Å². The van der Waals surface area contributed by atoms with Gasteiger partial charge in [-0.1, -0.05) is 6.92 Å². The van der Waals surface area contributed by atoms with E-state index in [0.29, 0.717) is 13.1 Å². The summed E-state index contributed by atoms with van der Waals surface area (Å²) in [7, 11) is 0. The third-order valence-corrected chi connectivity index (χ3v) is 4.46. The fourth-order valence-corrected chi connectivity index (χ4v) is 3.32. The number of nitriles is 1. The molecule has 96 valence electrons. The molecule has 1 aliphatic heterocycles. The van der Waals surface area contributed by atoms with Crippen molar-refractivity contribution in [2.24, 2.45) is 17.3 Å². The van der Waals surface area contributed by atoms with Crippen LogP contribution in [0.4, 0.5) is 0 Å². The Balaban J connectivity index is 2.50. The van der Waals surface area contributed by atoms with Crippen LogP contribution in [-0.4, -0.2) is 29.7 Å². The molecule has 0 saturated carbocycles. The van der Waals surface area contributed by atoms with Crippen LogP contribution in [0.2, 0.25) is 0 Å². The number of piperidine rings is 1. The van der Waals surface area contributed by atoms with Crippen molar-refractivity contribution in [3.05, 3.63) is 11.6 Å². The largest absolute Gasteiger partial charge is 0.342 e. The molecule has 2 aliphatic rings. The molecular formula is C14H18N2O2. The summed E-state index contributed by atoms with van der Waals surface area (Å²) in [6.07, 6.45) is 2.43. The molecule has 1 fully saturated rings. The van der Waals surface area contributed by atoms with Crippen LogP contribution in [0.25, 0.3) is 0 Å². The zero-order chi connectivity index (χ0) is 13.5. The molecule has 0 unspecified atom stereocenters. The first-order chi connectivity index (χ1) is 8.45. The van der Waals surface area contributed by atoms with Gasteiger partial charge in [-0.15, -0.1) is 0 Å². The van der Waals surface area contributed by atoms with Gasteiger partial charge >= 0.3 is 0 Å². The second kappa shape index (κ2) is 4.24. The maximum atomic E-state index is 12.5. The van der Waals surface area contributed by atoms with Crippen molar-refractivity contribution < 1.29 is 9.59 Å². The van der Waals surface area contributed by atoms with E-state index >= 15 is 0 Å². The van der Waals surface area contributed by atoms with Crippen molar-refractivity contribution in [1.29, 1.82) is 5.26 Å². The molecule has 18 heavy (non-hydrogen) atoms. The van der Waals surface area contributed by atoms with Gasteiger partial charge in [-0.25, -0.2) is 0 Å². The molecule has 0 spiro atoms. The standard InChI is InChI=1S/C14H18N2O2/c1-4-16-6-5-11-9(2)12(17)10(8-15)7-14(11,3)13(16)18/h7,9,11H,4-6H2,1-3H3/t9-,11-,14-/m0/s1. The molecule has 1 amide bonds. The van der Waals surface area contributed by atoms with Crippen LogP contribution in [0.5, 0.6) is 0 Å². The second-order valence-corrected chi connectivity index (χ2v) is 5.39. The lowest BCUT2D eigenvalue weighted by atomic mass is 9.61. The minimum Gasteiger partial charge on any atom is -0.342 e. The molecule has 0 bridgehead atoms. The Morgan fingerprint density at radius 2 is 2.22 bits per heavy atom. The summed E-state index contributed by atoms with van der Waals surface area (Å²) in [5.41, 5.74) is -0.542. The van der Waals surface area contributed by atoms with E-state index in [0.717, 1.165) is 6.42 Å². The van der Waals surface area contributed by atoms with Crippen LogP contribution in [0.3, 0.4) is 0 Å². The summed E-state index contributed by atoms with van der Waals surface area (Å²) in [6, 6.07) is 1.94. The number of carbonyl (C=O) groups is 2. The third kappa shape index (κ3) is 1.58. The van der Waals surface area contributed by atoms with Gasteiger partial charge in [-0.05, 0) is 32.3 Å². The summed E-state index contributed by atoms with van der Waals surface area (Å²) in [6.45, 7) is 7.04.